The highest BCUT2D eigenvalue weighted by Gasteiger charge is 2.48. The molecule has 3 aromatic rings. The normalized spacial score (nSPS) is 17.5. The molecule has 1 atom stereocenters. The lowest BCUT2D eigenvalue weighted by Crippen LogP contribution is -2.46. The number of imide groups is 1. The molecular formula is C23H21ClN4O3S. The Balaban J connectivity index is 0.00000289. The number of pyridine rings is 1. The second kappa shape index (κ2) is 9.42. The minimum atomic E-state index is -1.09. The fraction of sp³-hybridized carbons (Fsp3) is 0.130. The average molecular weight is 469 g/mol. The zero-order chi connectivity index (χ0) is 22.0. The molecule has 0 spiro atoms. The van der Waals surface area contributed by atoms with E-state index in [4.69, 9.17) is 11.6 Å². The third-order valence-corrected chi connectivity index (χ3v) is 5.31. The third-order valence-electron chi connectivity index (χ3n) is 5.01. The quantitative estimate of drug-likeness (QED) is 0.550. The van der Waals surface area contributed by atoms with E-state index in [9.17, 15) is 14.4 Å². The molecule has 0 bridgehead atoms. The van der Waals surface area contributed by atoms with E-state index in [0.29, 0.717) is 12.1 Å². The SMILES string of the molecule is C[C@@]1(Cc2ccccc2)NC(=O)N(c2ccc(NC(=O)c3ccccn3)cc2Cl)C1=O.S. The van der Waals surface area contributed by atoms with Gasteiger partial charge in [-0.25, -0.2) is 9.69 Å². The van der Waals surface area contributed by atoms with Gasteiger partial charge in [0.2, 0.25) is 0 Å². The van der Waals surface area contributed by atoms with E-state index in [1.54, 1.807) is 31.2 Å². The van der Waals surface area contributed by atoms with Gasteiger partial charge in [-0.1, -0.05) is 48.0 Å². The number of hydrogen-bond donors (Lipinski definition) is 2. The van der Waals surface area contributed by atoms with Crippen molar-refractivity contribution < 1.29 is 14.4 Å². The van der Waals surface area contributed by atoms with E-state index in [2.05, 4.69) is 15.6 Å². The second-order valence-electron chi connectivity index (χ2n) is 7.40. The molecule has 0 unspecified atom stereocenters. The van der Waals surface area contributed by atoms with E-state index in [-0.39, 0.29) is 29.9 Å². The Morgan fingerprint density at radius 2 is 1.81 bits per heavy atom. The van der Waals surface area contributed by atoms with Crippen molar-refractivity contribution in [2.45, 2.75) is 18.9 Å². The van der Waals surface area contributed by atoms with Crippen LogP contribution in [0.5, 0.6) is 0 Å². The summed E-state index contributed by atoms with van der Waals surface area (Å²) < 4.78 is 0. The van der Waals surface area contributed by atoms with Gasteiger partial charge in [-0.2, -0.15) is 13.5 Å². The highest BCUT2D eigenvalue weighted by atomic mass is 35.5. The van der Waals surface area contributed by atoms with Crippen LogP contribution < -0.4 is 15.5 Å². The first-order valence-electron chi connectivity index (χ1n) is 9.60. The maximum Gasteiger partial charge on any atom is 0.329 e. The van der Waals surface area contributed by atoms with Crippen molar-refractivity contribution in [3.63, 3.8) is 0 Å². The van der Waals surface area contributed by atoms with Crippen molar-refractivity contribution in [3.05, 3.63) is 89.2 Å². The maximum atomic E-state index is 13.1. The molecule has 1 fully saturated rings. The summed E-state index contributed by atoms with van der Waals surface area (Å²) in [5.74, 6) is -0.789. The molecular weight excluding hydrogens is 448 g/mol. The van der Waals surface area contributed by atoms with Crippen molar-refractivity contribution in [3.8, 4) is 0 Å². The maximum absolute atomic E-state index is 13.1. The van der Waals surface area contributed by atoms with Crippen LogP contribution in [0.25, 0.3) is 0 Å². The molecule has 2 N–H and O–H groups in total. The number of nitrogens with one attached hydrogen (secondary N) is 2. The fourth-order valence-electron chi connectivity index (χ4n) is 3.49. The topological polar surface area (TPSA) is 91.4 Å². The van der Waals surface area contributed by atoms with Gasteiger partial charge in [-0.3, -0.25) is 14.6 Å². The molecule has 164 valence electrons. The summed E-state index contributed by atoms with van der Waals surface area (Å²) in [6.45, 7) is 1.69. The van der Waals surface area contributed by atoms with Gasteiger partial charge in [-0.05, 0) is 42.8 Å². The molecule has 1 aromatic heterocycles. The number of carbonyl (C=O) groups is 3. The van der Waals surface area contributed by atoms with Crippen LogP contribution in [0.2, 0.25) is 5.02 Å². The molecule has 9 heteroatoms. The van der Waals surface area contributed by atoms with E-state index < -0.39 is 23.4 Å². The van der Waals surface area contributed by atoms with Gasteiger partial charge in [0.25, 0.3) is 11.8 Å². The van der Waals surface area contributed by atoms with Gasteiger partial charge in [-0.15, -0.1) is 0 Å². The van der Waals surface area contributed by atoms with Gasteiger partial charge in [0.05, 0.1) is 10.7 Å². The molecule has 0 radical (unpaired) electrons. The van der Waals surface area contributed by atoms with Crippen LogP contribution in [0.3, 0.4) is 0 Å². The predicted molar refractivity (Wildman–Crippen MR) is 129 cm³/mol. The Kier molecular flexibility index (Phi) is 6.86. The van der Waals surface area contributed by atoms with Crippen LogP contribution in [0.1, 0.15) is 23.0 Å². The molecule has 0 aliphatic carbocycles. The highest BCUT2D eigenvalue weighted by molar-refractivity contribution is 7.59. The minimum absolute atomic E-state index is 0. The lowest BCUT2D eigenvalue weighted by molar-refractivity contribution is -0.121. The summed E-state index contributed by atoms with van der Waals surface area (Å²) in [5, 5.41) is 5.63. The number of urea groups is 1. The number of hydrogen-bond acceptors (Lipinski definition) is 4. The third kappa shape index (κ3) is 4.61. The number of amides is 4. The molecule has 1 aliphatic rings. The number of aromatic nitrogens is 1. The molecule has 2 aromatic carbocycles. The minimum Gasteiger partial charge on any atom is -0.323 e. The summed E-state index contributed by atoms with van der Waals surface area (Å²) in [5.41, 5.74) is 0.765. The molecule has 4 amide bonds. The van der Waals surface area contributed by atoms with Crippen molar-refractivity contribution >= 4 is 54.3 Å². The molecule has 1 aliphatic heterocycles. The zero-order valence-corrected chi connectivity index (χ0v) is 18.9. The van der Waals surface area contributed by atoms with Crippen LogP contribution in [0, 0.1) is 0 Å². The van der Waals surface area contributed by atoms with Crippen LogP contribution >= 0.6 is 25.1 Å². The zero-order valence-electron chi connectivity index (χ0n) is 17.1. The van der Waals surface area contributed by atoms with Crippen molar-refractivity contribution in [2.24, 2.45) is 0 Å². The molecule has 4 rings (SSSR count). The van der Waals surface area contributed by atoms with Crippen molar-refractivity contribution in [2.75, 3.05) is 10.2 Å². The summed E-state index contributed by atoms with van der Waals surface area (Å²) >= 11 is 6.38. The average Bonchev–Trinajstić information content (AvgIpc) is 2.97. The van der Waals surface area contributed by atoms with Crippen molar-refractivity contribution in [1.29, 1.82) is 0 Å². The fourth-order valence-corrected chi connectivity index (χ4v) is 3.75. The lowest BCUT2D eigenvalue weighted by Gasteiger charge is -2.22. The number of nitrogens with zero attached hydrogens (tertiary/aromatic N) is 2. The first-order valence-corrected chi connectivity index (χ1v) is 9.98. The Morgan fingerprint density at radius 3 is 2.47 bits per heavy atom. The summed E-state index contributed by atoms with van der Waals surface area (Å²) in [7, 11) is 0. The number of benzene rings is 2. The van der Waals surface area contributed by atoms with E-state index in [1.807, 2.05) is 30.3 Å². The van der Waals surface area contributed by atoms with E-state index in [1.165, 1.54) is 18.3 Å². The molecule has 2 heterocycles. The van der Waals surface area contributed by atoms with Gasteiger partial charge < -0.3 is 10.6 Å². The molecule has 1 saturated heterocycles. The monoisotopic (exact) mass is 468 g/mol. The Labute approximate surface area is 197 Å². The summed E-state index contributed by atoms with van der Waals surface area (Å²) in [6, 6.07) is 18.5. The number of anilines is 2. The predicted octanol–water partition coefficient (Wildman–Crippen LogP) is 4.16. The largest absolute Gasteiger partial charge is 0.329 e. The Bertz CT molecular complexity index is 1160. The van der Waals surface area contributed by atoms with Gasteiger partial charge >= 0.3 is 6.03 Å². The molecule has 7 nitrogen and oxygen atoms in total. The number of carbonyl (C=O) groups excluding carboxylic acids is 3. The Hall–Kier alpha value is -3.36. The first-order chi connectivity index (χ1) is 14.9. The van der Waals surface area contributed by atoms with Gasteiger partial charge in [0.15, 0.2) is 0 Å². The Morgan fingerprint density at radius 1 is 1.09 bits per heavy atom. The smallest absolute Gasteiger partial charge is 0.323 e. The van der Waals surface area contributed by atoms with E-state index in [0.717, 1.165) is 10.5 Å². The summed E-state index contributed by atoms with van der Waals surface area (Å²) in [4.78, 5) is 43.1. The van der Waals surface area contributed by atoms with Gasteiger partial charge in [0.1, 0.15) is 11.2 Å². The van der Waals surface area contributed by atoms with Crippen LogP contribution in [0.15, 0.2) is 72.9 Å². The molecule has 32 heavy (non-hydrogen) atoms. The summed E-state index contributed by atoms with van der Waals surface area (Å²) in [6.07, 6.45) is 1.87. The van der Waals surface area contributed by atoms with Crippen molar-refractivity contribution in [1.82, 2.24) is 10.3 Å². The first kappa shape index (κ1) is 23.3. The number of halogens is 1. The van der Waals surface area contributed by atoms with Crippen LogP contribution in [-0.2, 0) is 11.2 Å². The van der Waals surface area contributed by atoms with E-state index >= 15 is 0 Å². The molecule has 0 saturated carbocycles. The number of rotatable bonds is 5. The van der Waals surface area contributed by atoms with Gasteiger partial charge in [0, 0.05) is 18.3 Å². The van der Waals surface area contributed by atoms with Crippen LogP contribution in [0.4, 0.5) is 16.2 Å². The standard InChI is InChI=1S/C23H19ClN4O3.H2S/c1-23(14-15-7-3-2-4-8-15)21(30)28(22(31)27-23)19-11-10-16(13-17(19)24)26-20(29)18-9-5-6-12-25-18;/h2-13H,14H2,1H3,(H,26,29)(H,27,31);1H2/t23-;/m0./s1. The van der Waals surface area contributed by atoms with Crippen LogP contribution in [-0.4, -0.2) is 28.4 Å². The second-order valence-corrected chi connectivity index (χ2v) is 7.81. The highest BCUT2D eigenvalue weighted by Crippen LogP contribution is 2.34. The lowest BCUT2D eigenvalue weighted by atomic mass is 9.93.